The first-order valence-electron chi connectivity index (χ1n) is 6.93. The molecule has 0 spiro atoms. The molecular formula is C16H16N2O3S. The summed E-state index contributed by atoms with van der Waals surface area (Å²) in [7, 11) is 1.79. The molecule has 2 heterocycles. The third-order valence-electron chi connectivity index (χ3n) is 3.72. The van der Waals surface area contributed by atoms with Gasteiger partial charge >= 0.3 is 0 Å². The van der Waals surface area contributed by atoms with Crippen molar-refractivity contribution < 1.29 is 14.3 Å². The summed E-state index contributed by atoms with van der Waals surface area (Å²) in [6.07, 6.45) is 0. The van der Waals surface area contributed by atoms with Gasteiger partial charge in [0.25, 0.3) is 11.8 Å². The van der Waals surface area contributed by atoms with Crippen LogP contribution in [0.1, 0.15) is 28.2 Å². The van der Waals surface area contributed by atoms with Crippen LogP contribution < -0.4 is 10.1 Å². The second-order valence-electron chi connectivity index (χ2n) is 5.16. The Bertz CT molecular complexity index is 712. The summed E-state index contributed by atoms with van der Waals surface area (Å²) in [4.78, 5) is 26.7. The maximum atomic E-state index is 12.6. The van der Waals surface area contributed by atoms with Crippen molar-refractivity contribution in [1.82, 2.24) is 4.90 Å². The Kier molecular flexibility index (Phi) is 3.85. The van der Waals surface area contributed by atoms with E-state index in [2.05, 4.69) is 5.32 Å². The van der Waals surface area contributed by atoms with Crippen molar-refractivity contribution in [3.05, 3.63) is 46.2 Å². The molecule has 1 atom stereocenters. The number of carbonyl (C=O) groups excluding carboxylic acids is 2. The van der Waals surface area contributed by atoms with Crippen LogP contribution in [0.5, 0.6) is 5.75 Å². The molecule has 1 aliphatic heterocycles. The molecule has 0 aliphatic carbocycles. The van der Waals surface area contributed by atoms with Crippen molar-refractivity contribution in [1.29, 1.82) is 0 Å². The number of hydrogen-bond donors (Lipinski definition) is 1. The molecule has 6 heteroatoms. The summed E-state index contributed by atoms with van der Waals surface area (Å²) in [5.74, 6) is 0.266. The van der Waals surface area contributed by atoms with E-state index in [0.29, 0.717) is 17.0 Å². The Labute approximate surface area is 132 Å². The fraction of sp³-hybridized carbons (Fsp3) is 0.250. The van der Waals surface area contributed by atoms with Gasteiger partial charge in [-0.05, 0) is 36.6 Å². The minimum atomic E-state index is -0.185. The number of nitrogens with one attached hydrogen (secondary N) is 1. The molecule has 114 valence electrons. The minimum Gasteiger partial charge on any atom is -0.482 e. The Morgan fingerprint density at radius 3 is 2.95 bits per heavy atom. The quantitative estimate of drug-likeness (QED) is 0.947. The van der Waals surface area contributed by atoms with Gasteiger partial charge in [0.15, 0.2) is 6.61 Å². The van der Waals surface area contributed by atoms with Gasteiger partial charge in [-0.15, -0.1) is 11.3 Å². The molecule has 22 heavy (non-hydrogen) atoms. The van der Waals surface area contributed by atoms with Gasteiger partial charge in [-0.2, -0.15) is 0 Å². The van der Waals surface area contributed by atoms with Gasteiger partial charge in [-0.25, -0.2) is 0 Å². The fourth-order valence-electron chi connectivity index (χ4n) is 2.31. The van der Waals surface area contributed by atoms with E-state index in [1.165, 1.54) is 0 Å². The van der Waals surface area contributed by atoms with Crippen molar-refractivity contribution in [2.45, 2.75) is 13.0 Å². The van der Waals surface area contributed by atoms with Crippen molar-refractivity contribution in [3.8, 4) is 5.75 Å². The summed E-state index contributed by atoms with van der Waals surface area (Å²) in [5.41, 5.74) is 1.14. The number of amides is 2. The van der Waals surface area contributed by atoms with E-state index in [0.717, 1.165) is 4.88 Å². The highest BCUT2D eigenvalue weighted by atomic mass is 32.1. The van der Waals surface area contributed by atoms with Crippen LogP contribution in [0.25, 0.3) is 0 Å². The SMILES string of the molecule is C[C@@H](c1cccs1)N(C)C(=O)c1ccc2c(c1)OCC(=O)N2. The van der Waals surface area contributed by atoms with Crippen LogP contribution in [-0.2, 0) is 4.79 Å². The predicted octanol–water partition coefficient (Wildman–Crippen LogP) is 2.91. The lowest BCUT2D eigenvalue weighted by atomic mass is 10.1. The zero-order valence-corrected chi connectivity index (χ0v) is 13.1. The highest BCUT2D eigenvalue weighted by Gasteiger charge is 2.22. The van der Waals surface area contributed by atoms with Gasteiger partial charge in [-0.1, -0.05) is 6.07 Å². The lowest BCUT2D eigenvalue weighted by Gasteiger charge is -2.25. The van der Waals surface area contributed by atoms with Gasteiger partial charge in [0.05, 0.1) is 11.7 Å². The average molecular weight is 316 g/mol. The maximum absolute atomic E-state index is 12.6. The summed E-state index contributed by atoms with van der Waals surface area (Å²) < 4.78 is 5.36. The third kappa shape index (κ3) is 2.69. The highest BCUT2D eigenvalue weighted by molar-refractivity contribution is 7.10. The second-order valence-corrected chi connectivity index (χ2v) is 6.13. The smallest absolute Gasteiger partial charge is 0.262 e. The lowest BCUT2D eigenvalue weighted by molar-refractivity contribution is -0.118. The van der Waals surface area contributed by atoms with Crippen LogP contribution in [0.2, 0.25) is 0 Å². The molecule has 0 saturated carbocycles. The molecule has 1 N–H and O–H groups in total. The molecule has 3 rings (SSSR count). The molecule has 1 aromatic carbocycles. The van der Waals surface area contributed by atoms with E-state index < -0.39 is 0 Å². The minimum absolute atomic E-state index is 0.00385. The Morgan fingerprint density at radius 1 is 1.41 bits per heavy atom. The predicted molar refractivity (Wildman–Crippen MR) is 85.4 cm³/mol. The van der Waals surface area contributed by atoms with Crippen molar-refractivity contribution in [3.63, 3.8) is 0 Å². The number of ether oxygens (including phenoxy) is 1. The number of hydrogen-bond acceptors (Lipinski definition) is 4. The third-order valence-corrected chi connectivity index (χ3v) is 4.76. The first-order chi connectivity index (χ1) is 10.6. The number of nitrogens with zero attached hydrogens (tertiary/aromatic N) is 1. The first kappa shape index (κ1) is 14.6. The molecule has 2 amide bonds. The zero-order valence-electron chi connectivity index (χ0n) is 12.3. The van der Waals surface area contributed by atoms with Crippen LogP contribution in [0.4, 0.5) is 5.69 Å². The fourth-order valence-corrected chi connectivity index (χ4v) is 3.13. The monoisotopic (exact) mass is 316 g/mol. The van der Waals surface area contributed by atoms with E-state index in [1.54, 1.807) is 41.5 Å². The molecular weight excluding hydrogens is 300 g/mol. The van der Waals surface area contributed by atoms with Gasteiger partial charge in [0, 0.05) is 17.5 Å². The van der Waals surface area contributed by atoms with E-state index in [1.807, 2.05) is 24.4 Å². The molecule has 1 aromatic heterocycles. The highest BCUT2D eigenvalue weighted by Crippen LogP contribution is 2.30. The number of anilines is 1. The first-order valence-corrected chi connectivity index (χ1v) is 7.81. The second kappa shape index (κ2) is 5.81. The van der Waals surface area contributed by atoms with Crippen LogP contribution in [-0.4, -0.2) is 30.4 Å². The van der Waals surface area contributed by atoms with E-state index in [-0.39, 0.29) is 24.5 Å². The largest absolute Gasteiger partial charge is 0.482 e. The average Bonchev–Trinajstić information content (AvgIpc) is 3.06. The van der Waals surface area contributed by atoms with E-state index in [4.69, 9.17) is 4.74 Å². The van der Waals surface area contributed by atoms with Gasteiger partial charge in [0.1, 0.15) is 5.75 Å². The summed E-state index contributed by atoms with van der Waals surface area (Å²) in [6, 6.07) is 9.07. The van der Waals surface area contributed by atoms with Crippen molar-refractivity contribution >= 4 is 28.8 Å². The Balaban J connectivity index is 1.81. The van der Waals surface area contributed by atoms with Crippen LogP contribution in [0.3, 0.4) is 0 Å². The molecule has 5 nitrogen and oxygen atoms in total. The van der Waals surface area contributed by atoms with Crippen molar-refractivity contribution in [2.24, 2.45) is 0 Å². The molecule has 0 bridgehead atoms. The zero-order chi connectivity index (χ0) is 15.7. The molecule has 0 saturated heterocycles. The molecule has 0 unspecified atom stereocenters. The number of carbonyl (C=O) groups is 2. The summed E-state index contributed by atoms with van der Waals surface area (Å²) in [6.45, 7) is 1.98. The van der Waals surface area contributed by atoms with E-state index in [9.17, 15) is 9.59 Å². The molecule has 0 radical (unpaired) electrons. The van der Waals surface area contributed by atoms with E-state index >= 15 is 0 Å². The Morgan fingerprint density at radius 2 is 2.23 bits per heavy atom. The summed E-state index contributed by atoms with van der Waals surface area (Å²) in [5, 5.41) is 4.71. The number of rotatable bonds is 3. The van der Waals surface area contributed by atoms with Crippen LogP contribution in [0, 0.1) is 0 Å². The maximum Gasteiger partial charge on any atom is 0.262 e. The van der Waals surface area contributed by atoms with Gasteiger partial charge in [0.2, 0.25) is 0 Å². The number of benzene rings is 1. The topological polar surface area (TPSA) is 58.6 Å². The van der Waals surface area contributed by atoms with Crippen LogP contribution >= 0.6 is 11.3 Å². The number of thiophene rings is 1. The molecule has 1 aliphatic rings. The summed E-state index contributed by atoms with van der Waals surface area (Å²) >= 11 is 1.63. The van der Waals surface area contributed by atoms with Crippen molar-refractivity contribution in [2.75, 3.05) is 19.0 Å². The lowest BCUT2D eigenvalue weighted by Crippen LogP contribution is -2.30. The van der Waals surface area contributed by atoms with Crippen LogP contribution in [0.15, 0.2) is 35.7 Å². The Hall–Kier alpha value is -2.34. The molecule has 2 aromatic rings. The van der Waals surface area contributed by atoms with Gasteiger partial charge < -0.3 is 15.0 Å². The standard InChI is InChI=1S/C16H16N2O3S/c1-10(14-4-3-7-22-14)18(2)16(20)11-5-6-12-13(8-11)21-9-15(19)17-12/h3-8,10H,9H2,1-2H3,(H,17,19)/t10-/m0/s1. The number of fused-ring (bicyclic) bond motifs is 1. The molecule has 0 fully saturated rings. The van der Waals surface area contributed by atoms with Gasteiger partial charge in [-0.3, -0.25) is 9.59 Å². The normalized spacial score (nSPS) is 14.5.